The number of ether oxygens (including phenoxy) is 1. The minimum Gasteiger partial charge on any atom is -0.497 e. The Bertz CT molecular complexity index is 738. The quantitative estimate of drug-likeness (QED) is 0.717. The topological polar surface area (TPSA) is 50.4 Å². The minimum absolute atomic E-state index is 0.0799. The van der Waals surface area contributed by atoms with Gasteiger partial charge in [0.1, 0.15) is 5.75 Å². The summed E-state index contributed by atoms with van der Waals surface area (Å²) in [6.45, 7) is 0.554. The van der Waals surface area contributed by atoms with Crippen LogP contribution in [0.15, 0.2) is 36.4 Å². The number of hydrogen-bond donors (Lipinski definition) is 2. The molecule has 2 aromatic rings. The van der Waals surface area contributed by atoms with Crippen LogP contribution in [0.2, 0.25) is 0 Å². The number of benzene rings is 2. The lowest BCUT2D eigenvalue weighted by atomic mass is 10.1. The molecule has 2 rings (SSSR count). The van der Waals surface area contributed by atoms with Gasteiger partial charge in [0.25, 0.3) is 0 Å². The zero-order valence-electron chi connectivity index (χ0n) is 13.7. The summed E-state index contributed by atoms with van der Waals surface area (Å²) in [5, 5.41) is 5.32. The predicted molar refractivity (Wildman–Crippen MR) is 89.1 cm³/mol. The molecule has 0 unspecified atom stereocenters. The molecule has 0 spiro atoms. The van der Waals surface area contributed by atoms with Crippen LogP contribution in [-0.4, -0.2) is 26.1 Å². The van der Waals surface area contributed by atoms with E-state index in [1.54, 1.807) is 7.11 Å². The highest BCUT2D eigenvalue weighted by Crippen LogP contribution is 2.19. The van der Waals surface area contributed by atoms with Crippen LogP contribution in [-0.2, 0) is 11.2 Å². The zero-order chi connectivity index (χ0) is 18.2. The van der Waals surface area contributed by atoms with E-state index in [9.17, 15) is 18.0 Å². The molecule has 0 fully saturated rings. The summed E-state index contributed by atoms with van der Waals surface area (Å²) >= 11 is 0. The highest BCUT2D eigenvalue weighted by molar-refractivity contribution is 5.76. The molecule has 0 saturated carbocycles. The van der Waals surface area contributed by atoms with Crippen molar-refractivity contribution in [2.75, 3.05) is 25.5 Å². The van der Waals surface area contributed by atoms with E-state index in [0.717, 1.165) is 23.4 Å². The summed E-state index contributed by atoms with van der Waals surface area (Å²) in [5.74, 6) is -3.55. The highest BCUT2D eigenvalue weighted by Gasteiger charge is 2.13. The average molecular weight is 352 g/mol. The summed E-state index contributed by atoms with van der Waals surface area (Å²) < 4.78 is 44.5. The van der Waals surface area contributed by atoms with E-state index >= 15 is 0 Å². The van der Waals surface area contributed by atoms with Crippen molar-refractivity contribution in [1.82, 2.24) is 5.32 Å². The molecule has 0 aromatic heterocycles. The molecule has 1 amide bonds. The second-order valence-corrected chi connectivity index (χ2v) is 5.35. The van der Waals surface area contributed by atoms with Gasteiger partial charge >= 0.3 is 0 Å². The fourth-order valence-electron chi connectivity index (χ4n) is 2.24. The van der Waals surface area contributed by atoms with Crippen LogP contribution >= 0.6 is 0 Å². The van der Waals surface area contributed by atoms with Gasteiger partial charge in [-0.05, 0) is 36.2 Å². The molecule has 0 saturated heterocycles. The molecule has 0 heterocycles. The van der Waals surface area contributed by atoms with E-state index in [-0.39, 0.29) is 24.6 Å². The predicted octanol–water partition coefficient (Wildman–Crippen LogP) is 3.27. The van der Waals surface area contributed by atoms with Crippen LogP contribution in [0.1, 0.15) is 12.0 Å². The van der Waals surface area contributed by atoms with Gasteiger partial charge in [0.15, 0.2) is 17.5 Å². The van der Waals surface area contributed by atoms with Crippen molar-refractivity contribution >= 4 is 11.6 Å². The fourth-order valence-corrected chi connectivity index (χ4v) is 2.24. The first kappa shape index (κ1) is 18.6. The molecule has 0 radical (unpaired) electrons. The monoisotopic (exact) mass is 352 g/mol. The van der Waals surface area contributed by atoms with Crippen LogP contribution in [0.5, 0.6) is 5.75 Å². The number of carbonyl (C=O) groups is 1. The molecular weight excluding hydrogens is 333 g/mol. The smallest absolute Gasteiger partial charge is 0.221 e. The second-order valence-electron chi connectivity index (χ2n) is 5.35. The first-order valence-electron chi connectivity index (χ1n) is 7.78. The third-order valence-corrected chi connectivity index (χ3v) is 3.57. The van der Waals surface area contributed by atoms with Crippen LogP contribution in [0.4, 0.5) is 18.9 Å². The van der Waals surface area contributed by atoms with Crippen molar-refractivity contribution in [1.29, 1.82) is 0 Å². The van der Waals surface area contributed by atoms with E-state index in [0.29, 0.717) is 13.0 Å². The Morgan fingerprint density at radius 1 is 1.08 bits per heavy atom. The van der Waals surface area contributed by atoms with Crippen molar-refractivity contribution in [3.63, 3.8) is 0 Å². The van der Waals surface area contributed by atoms with Crippen LogP contribution in [0.25, 0.3) is 0 Å². The number of methoxy groups -OCH3 is 1. The molecule has 7 heteroatoms. The number of nitrogens with one attached hydrogen (secondary N) is 2. The third-order valence-electron chi connectivity index (χ3n) is 3.57. The Kier molecular flexibility index (Phi) is 6.68. The minimum atomic E-state index is -1.53. The standard InChI is InChI=1S/C18H19F3N2O2/c1-25-13-4-2-3-12(11-13)7-9-23-16(24)8-10-22-15-6-5-14(19)17(20)18(15)21/h2-6,11,22H,7-10H2,1H3,(H,23,24). The Labute approximate surface area is 144 Å². The van der Waals surface area contributed by atoms with Crippen molar-refractivity contribution in [3.8, 4) is 5.75 Å². The SMILES string of the molecule is COc1cccc(CCNC(=O)CCNc2ccc(F)c(F)c2F)c1. The molecule has 0 aliphatic heterocycles. The van der Waals surface area contributed by atoms with Crippen molar-refractivity contribution in [2.24, 2.45) is 0 Å². The van der Waals surface area contributed by atoms with E-state index in [1.165, 1.54) is 0 Å². The van der Waals surface area contributed by atoms with E-state index < -0.39 is 17.5 Å². The summed E-state index contributed by atoms with van der Waals surface area (Å²) in [7, 11) is 1.59. The summed E-state index contributed by atoms with van der Waals surface area (Å²) in [5.41, 5.74) is 0.852. The van der Waals surface area contributed by atoms with Crippen LogP contribution in [0, 0.1) is 17.5 Å². The Hall–Kier alpha value is -2.70. The first-order valence-corrected chi connectivity index (χ1v) is 7.78. The number of rotatable bonds is 8. The van der Waals surface area contributed by atoms with Gasteiger partial charge in [0.05, 0.1) is 12.8 Å². The lowest BCUT2D eigenvalue weighted by molar-refractivity contribution is -0.120. The molecule has 25 heavy (non-hydrogen) atoms. The largest absolute Gasteiger partial charge is 0.497 e. The molecular formula is C18H19F3N2O2. The molecule has 0 bridgehead atoms. The number of amides is 1. The lowest BCUT2D eigenvalue weighted by Crippen LogP contribution is -2.27. The van der Waals surface area contributed by atoms with Gasteiger partial charge < -0.3 is 15.4 Å². The van der Waals surface area contributed by atoms with E-state index in [2.05, 4.69) is 10.6 Å². The second kappa shape index (κ2) is 8.96. The third kappa shape index (κ3) is 5.41. The Morgan fingerprint density at radius 2 is 1.88 bits per heavy atom. The lowest BCUT2D eigenvalue weighted by Gasteiger charge is -2.09. The van der Waals surface area contributed by atoms with Crippen molar-refractivity contribution in [3.05, 3.63) is 59.4 Å². The van der Waals surface area contributed by atoms with E-state index in [1.807, 2.05) is 24.3 Å². The highest BCUT2D eigenvalue weighted by atomic mass is 19.2. The number of carbonyl (C=O) groups excluding carboxylic acids is 1. The molecule has 0 atom stereocenters. The van der Waals surface area contributed by atoms with Crippen molar-refractivity contribution in [2.45, 2.75) is 12.8 Å². The van der Waals surface area contributed by atoms with Gasteiger partial charge in [0, 0.05) is 19.5 Å². The van der Waals surface area contributed by atoms with Crippen LogP contribution < -0.4 is 15.4 Å². The number of hydrogen-bond acceptors (Lipinski definition) is 3. The Morgan fingerprint density at radius 3 is 2.64 bits per heavy atom. The van der Waals surface area contributed by atoms with Crippen molar-refractivity contribution < 1.29 is 22.7 Å². The van der Waals surface area contributed by atoms with Gasteiger partial charge in [-0.2, -0.15) is 0 Å². The maximum absolute atomic E-state index is 13.5. The molecule has 134 valence electrons. The normalized spacial score (nSPS) is 10.4. The molecule has 2 N–H and O–H groups in total. The average Bonchev–Trinajstić information content (AvgIpc) is 2.62. The summed E-state index contributed by atoms with van der Waals surface area (Å²) in [6, 6.07) is 9.45. The van der Waals surface area contributed by atoms with Gasteiger partial charge in [-0.25, -0.2) is 13.2 Å². The maximum atomic E-state index is 13.5. The first-order chi connectivity index (χ1) is 12.0. The van der Waals surface area contributed by atoms with Gasteiger partial charge in [-0.15, -0.1) is 0 Å². The fraction of sp³-hybridized carbons (Fsp3) is 0.278. The molecule has 0 aliphatic carbocycles. The van der Waals surface area contributed by atoms with Gasteiger partial charge in [-0.3, -0.25) is 4.79 Å². The van der Waals surface area contributed by atoms with Gasteiger partial charge in [-0.1, -0.05) is 12.1 Å². The zero-order valence-corrected chi connectivity index (χ0v) is 13.7. The van der Waals surface area contributed by atoms with Gasteiger partial charge in [0.2, 0.25) is 5.91 Å². The van der Waals surface area contributed by atoms with Crippen LogP contribution in [0.3, 0.4) is 0 Å². The Balaban J connectivity index is 1.71. The number of anilines is 1. The summed E-state index contributed by atoms with van der Waals surface area (Å²) in [6.07, 6.45) is 0.727. The molecule has 0 aliphatic rings. The maximum Gasteiger partial charge on any atom is 0.221 e. The molecule has 2 aromatic carbocycles. The summed E-state index contributed by atoms with van der Waals surface area (Å²) in [4.78, 5) is 11.7. The van der Waals surface area contributed by atoms with E-state index in [4.69, 9.17) is 4.74 Å². The molecule has 4 nitrogen and oxygen atoms in total. The number of halogens is 3.